The van der Waals surface area contributed by atoms with Crippen molar-refractivity contribution in [2.45, 2.75) is 45.7 Å². The van der Waals surface area contributed by atoms with E-state index in [-0.39, 0.29) is 24.1 Å². The Morgan fingerprint density at radius 2 is 1.80 bits per heavy atom. The van der Waals surface area contributed by atoms with Crippen molar-refractivity contribution in [2.24, 2.45) is 0 Å². The van der Waals surface area contributed by atoms with E-state index in [1.165, 1.54) is 0 Å². The highest BCUT2D eigenvalue weighted by Gasteiger charge is 2.26. The summed E-state index contributed by atoms with van der Waals surface area (Å²) in [6.45, 7) is 7.17. The number of anilines is 1. The monoisotopic (exact) mass is 487 g/mol. The maximum atomic E-state index is 14.8. The number of halogens is 1. The third-order valence-corrected chi connectivity index (χ3v) is 5.93. The van der Waals surface area contributed by atoms with Crippen molar-refractivity contribution in [2.75, 3.05) is 44.4 Å². The van der Waals surface area contributed by atoms with Crippen molar-refractivity contribution >= 4 is 17.1 Å². The van der Waals surface area contributed by atoms with Crippen LogP contribution in [0.3, 0.4) is 0 Å². The number of piperidine rings is 1. The van der Waals surface area contributed by atoms with Crippen LogP contribution in [0, 0.1) is 5.82 Å². The number of hydrogen-bond acceptors (Lipinski definition) is 8. The highest BCUT2D eigenvalue weighted by atomic mass is 19.1. The lowest BCUT2D eigenvalue weighted by molar-refractivity contribution is 0.233. The molecule has 1 aromatic heterocycles. The standard InChI is InChI=1S/C26H34FN3O5/c1-3-32-23-14-18(15-24(25(23)27)33-4-2)17-30(19-8-10-28-11-9-19)26-29-21-16-20(34-13-5-12-31)6-7-22(21)35-26/h6-7,14-16,19,28,31H,3-5,8-13,17H2,1-2H3. The van der Waals surface area contributed by atoms with Gasteiger partial charge in [-0.25, -0.2) is 0 Å². The second-order valence-corrected chi connectivity index (χ2v) is 8.43. The average molecular weight is 488 g/mol. The summed E-state index contributed by atoms with van der Waals surface area (Å²) in [6.07, 6.45) is 2.44. The van der Waals surface area contributed by atoms with Crippen LogP contribution in [0.1, 0.15) is 38.7 Å². The van der Waals surface area contributed by atoms with Gasteiger partial charge in [-0.05, 0) is 69.6 Å². The number of benzene rings is 2. The molecule has 9 heteroatoms. The Hall–Kier alpha value is -3.04. The number of nitrogens with one attached hydrogen (secondary N) is 1. The van der Waals surface area contributed by atoms with Gasteiger partial charge in [0.1, 0.15) is 11.3 Å². The van der Waals surface area contributed by atoms with Crippen LogP contribution in [0.5, 0.6) is 17.2 Å². The SMILES string of the molecule is CCOc1cc(CN(c2nc3cc(OCCCO)ccc3o2)C2CCNCC2)cc(OCC)c1F. The summed E-state index contributed by atoms with van der Waals surface area (Å²) >= 11 is 0. The molecule has 1 fully saturated rings. The topological polar surface area (TPSA) is 89.2 Å². The highest BCUT2D eigenvalue weighted by Crippen LogP contribution is 2.33. The molecule has 0 radical (unpaired) electrons. The number of nitrogens with zero attached hydrogens (tertiary/aromatic N) is 2. The van der Waals surface area contributed by atoms with Gasteiger partial charge in [0.15, 0.2) is 17.1 Å². The lowest BCUT2D eigenvalue weighted by Crippen LogP contribution is -2.43. The molecular weight excluding hydrogens is 453 g/mol. The molecule has 3 aromatic rings. The summed E-state index contributed by atoms with van der Waals surface area (Å²) in [4.78, 5) is 6.93. The van der Waals surface area contributed by atoms with Crippen LogP contribution in [0.25, 0.3) is 11.1 Å². The lowest BCUT2D eigenvalue weighted by Gasteiger charge is -2.33. The minimum Gasteiger partial charge on any atom is -0.493 e. The van der Waals surface area contributed by atoms with E-state index in [1.54, 1.807) is 12.1 Å². The van der Waals surface area contributed by atoms with Gasteiger partial charge in [0.05, 0.1) is 19.8 Å². The number of oxazole rings is 1. The molecule has 0 bridgehead atoms. The van der Waals surface area contributed by atoms with Crippen LogP contribution in [0.2, 0.25) is 0 Å². The molecule has 35 heavy (non-hydrogen) atoms. The minimum atomic E-state index is -0.485. The van der Waals surface area contributed by atoms with E-state index in [1.807, 2.05) is 32.0 Å². The van der Waals surface area contributed by atoms with Crippen molar-refractivity contribution in [3.8, 4) is 17.2 Å². The van der Waals surface area contributed by atoms with Crippen LogP contribution in [-0.4, -0.2) is 55.6 Å². The van der Waals surface area contributed by atoms with Gasteiger partial charge in [-0.1, -0.05) is 0 Å². The van der Waals surface area contributed by atoms with Crippen LogP contribution in [0.15, 0.2) is 34.7 Å². The van der Waals surface area contributed by atoms with Crippen molar-refractivity contribution in [1.29, 1.82) is 0 Å². The number of aromatic nitrogens is 1. The van der Waals surface area contributed by atoms with E-state index in [0.29, 0.717) is 55.7 Å². The molecule has 2 heterocycles. The van der Waals surface area contributed by atoms with Gasteiger partial charge in [-0.15, -0.1) is 0 Å². The van der Waals surface area contributed by atoms with Crippen LogP contribution < -0.4 is 24.4 Å². The average Bonchev–Trinajstić information content (AvgIpc) is 3.29. The second kappa shape index (κ2) is 12.1. The van der Waals surface area contributed by atoms with Crippen molar-refractivity contribution in [3.63, 3.8) is 0 Å². The predicted octanol–water partition coefficient (Wildman–Crippen LogP) is 4.28. The molecule has 190 valence electrons. The van der Waals surface area contributed by atoms with Crippen molar-refractivity contribution in [1.82, 2.24) is 10.3 Å². The zero-order valence-corrected chi connectivity index (χ0v) is 20.4. The maximum absolute atomic E-state index is 14.8. The molecule has 0 spiro atoms. The molecule has 1 aliphatic heterocycles. The molecule has 0 aliphatic carbocycles. The first-order valence-electron chi connectivity index (χ1n) is 12.3. The summed E-state index contributed by atoms with van der Waals surface area (Å²) in [5, 5.41) is 12.4. The van der Waals surface area contributed by atoms with Crippen LogP contribution in [-0.2, 0) is 6.54 Å². The number of rotatable bonds is 12. The molecular formula is C26H34FN3O5. The van der Waals surface area contributed by atoms with Gasteiger partial charge in [0.2, 0.25) is 5.82 Å². The molecule has 0 unspecified atom stereocenters. The fourth-order valence-corrected chi connectivity index (χ4v) is 4.27. The Kier molecular flexibility index (Phi) is 8.65. The Bertz CT molecular complexity index is 1070. The summed E-state index contributed by atoms with van der Waals surface area (Å²) in [5.74, 6) is 0.559. The van der Waals surface area contributed by atoms with Crippen LogP contribution in [0.4, 0.5) is 10.4 Å². The molecule has 2 aromatic carbocycles. The first-order valence-corrected chi connectivity index (χ1v) is 12.3. The first-order chi connectivity index (χ1) is 17.1. The molecule has 0 amide bonds. The number of fused-ring (bicyclic) bond motifs is 1. The van der Waals surface area contributed by atoms with E-state index in [2.05, 4.69) is 10.2 Å². The fraction of sp³-hybridized carbons (Fsp3) is 0.500. The number of ether oxygens (including phenoxy) is 3. The second-order valence-electron chi connectivity index (χ2n) is 8.43. The largest absolute Gasteiger partial charge is 0.493 e. The zero-order chi connectivity index (χ0) is 24.6. The number of aliphatic hydroxyl groups excluding tert-OH is 1. The summed E-state index contributed by atoms with van der Waals surface area (Å²) in [7, 11) is 0. The Morgan fingerprint density at radius 1 is 1.09 bits per heavy atom. The Balaban J connectivity index is 1.66. The third kappa shape index (κ3) is 6.15. The lowest BCUT2D eigenvalue weighted by atomic mass is 10.0. The van der Waals surface area contributed by atoms with Gasteiger partial charge in [0, 0.05) is 31.7 Å². The molecule has 1 aliphatic rings. The van der Waals surface area contributed by atoms with Crippen molar-refractivity contribution in [3.05, 3.63) is 41.7 Å². The van der Waals surface area contributed by atoms with E-state index < -0.39 is 5.82 Å². The smallest absolute Gasteiger partial charge is 0.298 e. The molecule has 8 nitrogen and oxygen atoms in total. The number of aliphatic hydroxyl groups is 1. The predicted molar refractivity (Wildman–Crippen MR) is 132 cm³/mol. The summed E-state index contributed by atoms with van der Waals surface area (Å²) in [6, 6.07) is 9.71. The highest BCUT2D eigenvalue weighted by molar-refractivity contribution is 5.76. The van der Waals surface area contributed by atoms with Gasteiger partial charge >= 0.3 is 0 Å². The fourth-order valence-electron chi connectivity index (χ4n) is 4.27. The molecule has 4 rings (SSSR count). The Labute approximate surface area is 205 Å². The number of hydrogen-bond donors (Lipinski definition) is 2. The third-order valence-electron chi connectivity index (χ3n) is 5.93. The normalized spacial score (nSPS) is 14.3. The van der Waals surface area contributed by atoms with E-state index >= 15 is 0 Å². The first kappa shape index (κ1) is 25.1. The molecule has 2 N–H and O–H groups in total. The molecule has 0 atom stereocenters. The van der Waals surface area contributed by atoms with E-state index in [4.69, 9.17) is 28.7 Å². The Morgan fingerprint density at radius 3 is 2.46 bits per heavy atom. The molecule has 1 saturated heterocycles. The summed E-state index contributed by atoms with van der Waals surface area (Å²) in [5.41, 5.74) is 2.22. The van der Waals surface area contributed by atoms with Crippen LogP contribution >= 0.6 is 0 Å². The van der Waals surface area contributed by atoms with Gasteiger partial charge in [0.25, 0.3) is 6.01 Å². The zero-order valence-electron chi connectivity index (χ0n) is 20.4. The van der Waals surface area contributed by atoms with Gasteiger partial charge < -0.3 is 34.0 Å². The minimum absolute atomic E-state index is 0.0843. The van der Waals surface area contributed by atoms with E-state index in [0.717, 1.165) is 31.5 Å². The van der Waals surface area contributed by atoms with E-state index in [9.17, 15) is 4.39 Å². The quantitative estimate of drug-likeness (QED) is 0.366. The van der Waals surface area contributed by atoms with Gasteiger partial charge in [-0.2, -0.15) is 9.37 Å². The maximum Gasteiger partial charge on any atom is 0.298 e. The summed E-state index contributed by atoms with van der Waals surface area (Å²) < 4.78 is 37.8. The van der Waals surface area contributed by atoms with Crippen molar-refractivity contribution < 1.29 is 28.1 Å². The van der Waals surface area contributed by atoms with Gasteiger partial charge in [-0.3, -0.25) is 0 Å². The molecule has 0 saturated carbocycles.